The molecule has 0 rings (SSSR count). The van der Waals surface area contributed by atoms with Gasteiger partial charge >= 0.3 is 0 Å². The summed E-state index contributed by atoms with van der Waals surface area (Å²) in [7, 11) is 0. The summed E-state index contributed by atoms with van der Waals surface area (Å²) in [6, 6.07) is 2.19. The van der Waals surface area contributed by atoms with Crippen molar-refractivity contribution in [3.63, 3.8) is 0 Å². The van der Waals surface area contributed by atoms with Gasteiger partial charge in [0.15, 0.2) is 0 Å². The zero-order valence-electron chi connectivity index (χ0n) is 8.97. The summed E-state index contributed by atoms with van der Waals surface area (Å²) in [5.41, 5.74) is 0.484. The summed E-state index contributed by atoms with van der Waals surface area (Å²) in [5.74, 6) is -0.236. The predicted molar refractivity (Wildman–Crippen MR) is 56.5 cm³/mol. The minimum atomic E-state index is -0.165. The lowest BCUT2D eigenvalue weighted by Gasteiger charge is -2.09. The SMILES string of the molecule is C=C(C)C(=O)NCC(C#N)CCCC. The van der Waals surface area contributed by atoms with Crippen LogP contribution in [0.4, 0.5) is 0 Å². The quantitative estimate of drug-likeness (QED) is 0.657. The summed E-state index contributed by atoms with van der Waals surface area (Å²) in [6.07, 6.45) is 2.96. The Morgan fingerprint density at radius 3 is 2.71 bits per heavy atom. The van der Waals surface area contributed by atoms with Crippen molar-refractivity contribution in [1.82, 2.24) is 5.32 Å². The van der Waals surface area contributed by atoms with Crippen LogP contribution in [0.25, 0.3) is 0 Å². The van der Waals surface area contributed by atoms with Crippen molar-refractivity contribution in [2.45, 2.75) is 33.1 Å². The van der Waals surface area contributed by atoms with E-state index in [2.05, 4.69) is 24.9 Å². The number of nitrogens with zero attached hydrogens (tertiary/aromatic N) is 1. The second-order valence-corrected chi connectivity index (χ2v) is 3.46. The van der Waals surface area contributed by atoms with Gasteiger partial charge in [0.25, 0.3) is 0 Å². The molecule has 3 heteroatoms. The number of unbranched alkanes of at least 4 members (excludes halogenated alkanes) is 1. The van der Waals surface area contributed by atoms with E-state index in [-0.39, 0.29) is 11.8 Å². The first-order chi connectivity index (χ1) is 6.61. The molecule has 1 atom stereocenters. The van der Waals surface area contributed by atoms with Crippen molar-refractivity contribution < 1.29 is 4.79 Å². The molecule has 0 fully saturated rings. The van der Waals surface area contributed by atoms with Gasteiger partial charge in [-0.25, -0.2) is 0 Å². The number of hydrogen-bond donors (Lipinski definition) is 1. The van der Waals surface area contributed by atoms with E-state index in [0.29, 0.717) is 12.1 Å². The summed E-state index contributed by atoms with van der Waals surface area (Å²) < 4.78 is 0. The molecule has 3 nitrogen and oxygen atoms in total. The third-order valence-corrected chi connectivity index (χ3v) is 1.99. The van der Waals surface area contributed by atoms with Crippen LogP contribution in [0.1, 0.15) is 33.1 Å². The van der Waals surface area contributed by atoms with Crippen molar-refractivity contribution >= 4 is 5.91 Å². The topological polar surface area (TPSA) is 52.9 Å². The zero-order valence-corrected chi connectivity index (χ0v) is 8.97. The van der Waals surface area contributed by atoms with E-state index in [1.807, 2.05) is 0 Å². The Bertz CT molecular complexity index is 240. The molecule has 78 valence electrons. The molecule has 0 aromatic carbocycles. The number of carbonyl (C=O) groups excluding carboxylic acids is 1. The van der Waals surface area contributed by atoms with Crippen molar-refractivity contribution in [2.24, 2.45) is 5.92 Å². The second-order valence-electron chi connectivity index (χ2n) is 3.46. The summed E-state index contributed by atoms with van der Waals surface area (Å²) in [6.45, 7) is 7.70. The van der Waals surface area contributed by atoms with Gasteiger partial charge in [-0.1, -0.05) is 26.3 Å². The largest absolute Gasteiger partial charge is 0.351 e. The van der Waals surface area contributed by atoms with E-state index in [1.165, 1.54) is 0 Å². The maximum Gasteiger partial charge on any atom is 0.246 e. The zero-order chi connectivity index (χ0) is 11.0. The molecule has 14 heavy (non-hydrogen) atoms. The van der Waals surface area contributed by atoms with Crippen LogP contribution in [0.2, 0.25) is 0 Å². The van der Waals surface area contributed by atoms with Crippen LogP contribution in [0, 0.1) is 17.2 Å². The Kier molecular flexibility index (Phi) is 6.47. The van der Waals surface area contributed by atoms with Gasteiger partial charge in [0.2, 0.25) is 5.91 Å². The monoisotopic (exact) mass is 194 g/mol. The van der Waals surface area contributed by atoms with Crippen molar-refractivity contribution in [3.05, 3.63) is 12.2 Å². The molecular weight excluding hydrogens is 176 g/mol. The number of hydrogen-bond acceptors (Lipinski definition) is 2. The molecule has 0 radical (unpaired) electrons. The standard InChI is InChI=1S/C11H18N2O/c1-4-5-6-10(7-12)8-13-11(14)9(2)3/h10H,2,4-6,8H2,1,3H3,(H,13,14). The molecule has 0 saturated carbocycles. The van der Waals surface area contributed by atoms with Gasteiger partial charge in [-0.15, -0.1) is 0 Å². The van der Waals surface area contributed by atoms with Crippen LogP contribution >= 0.6 is 0 Å². The predicted octanol–water partition coefficient (Wildman–Crippen LogP) is 2.01. The third-order valence-electron chi connectivity index (χ3n) is 1.99. The van der Waals surface area contributed by atoms with Crippen molar-refractivity contribution in [2.75, 3.05) is 6.54 Å². The Balaban J connectivity index is 3.79. The fourth-order valence-corrected chi connectivity index (χ4v) is 1.03. The highest BCUT2D eigenvalue weighted by atomic mass is 16.1. The lowest BCUT2D eigenvalue weighted by molar-refractivity contribution is -0.117. The first kappa shape index (κ1) is 12.7. The third kappa shape index (κ3) is 5.36. The van der Waals surface area contributed by atoms with E-state index in [1.54, 1.807) is 6.92 Å². The van der Waals surface area contributed by atoms with Crippen LogP contribution in [0.15, 0.2) is 12.2 Å². The molecule has 1 unspecified atom stereocenters. The van der Waals surface area contributed by atoms with Crippen molar-refractivity contribution in [1.29, 1.82) is 5.26 Å². The van der Waals surface area contributed by atoms with E-state index >= 15 is 0 Å². The van der Waals surface area contributed by atoms with E-state index in [9.17, 15) is 4.79 Å². The Hall–Kier alpha value is -1.30. The molecule has 0 spiro atoms. The van der Waals surface area contributed by atoms with Crippen LogP contribution in [0.3, 0.4) is 0 Å². The first-order valence-corrected chi connectivity index (χ1v) is 4.95. The van der Waals surface area contributed by atoms with Gasteiger partial charge in [-0.2, -0.15) is 5.26 Å². The van der Waals surface area contributed by atoms with E-state index < -0.39 is 0 Å². The lowest BCUT2D eigenvalue weighted by Crippen LogP contribution is -2.29. The highest BCUT2D eigenvalue weighted by Gasteiger charge is 2.08. The van der Waals surface area contributed by atoms with Gasteiger partial charge < -0.3 is 5.32 Å². The lowest BCUT2D eigenvalue weighted by atomic mass is 10.0. The summed E-state index contributed by atoms with van der Waals surface area (Å²) >= 11 is 0. The van der Waals surface area contributed by atoms with Gasteiger partial charge in [0, 0.05) is 12.1 Å². The number of rotatable bonds is 6. The number of amides is 1. The fourth-order valence-electron chi connectivity index (χ4n) is 1.03. The smallest absolute Gasteiger partial charge is 0.246 e. The molecular formula is C11H18N2O. The molecule has 0 aromatic rings. The molecule has 1 N–H and O–H groups in total. The van der Waals surface area contributed by atoms with Gasteiger partial charge in [-0.05, 0) is 13.3 Å². The average Bonchev–Trinajstić information content (AvgIpc) is 2.17. The normalized spacial score (nSPS) is 11.5. The Labute approximate surface area is 85.8 Å². The van der Waals surface area contributed by atoms with Crippen LogP contribution < -0.4 is 5.32 Å². The molecule has 1 amide bonds. The van der Waals surface area contributed by atoms with Gasteiger partial charge in [0.1, 0.15) is 0 Å². The summed E-state index contributed by atoms with van der Waals surface area (Å²) in [5, 5.41) is 11.5. The molecule has 0 saturated heterocycles. The molecule has 0 aliphatic carbocycles. The second kappa shape index (κ2) is 7.14. The minimum absolute atomic E-state index is 0.0711. The fraction of sp³-hybridized carbons (Fsp3) is 0.636. The maximum atomic E-state index is 11.1. The number of nitriles is 1. The number of nitrogens with one attached hydrogen (secondary N) is 1. The minimum Gasteiger partial charge on any atom is -0.351 e. The van der Waals surface area contributed by atoms with Gasteiger partial charge in [-0.3, -0.25) is 4.79 Å². The van der Waals surface area contributed by atoms with Crippen molar-refractivity contribution in [3.8, 4) is 6.07 Å². The Morgan fingerprint density at radius 2 is 2.29 bits per heavy atom. The van der Waals surface area contributed by atoms with Crippen LogP contribution in [0.5, 0.6) is 0 Å². The van der Waals surface area contributed by atoms with Crippen LogP contribution in [-0.2, 0) is 4.79 Å². The molecule has 0 heterocycles. The molecule has 0 bridgehead atoms. The Morgan fingerprint density at radius 1 is 1.64 bits per heavy atom. The highest BCUT2D eigenvalue weighted by Crippen LogP contribution is 2.06. The summed E-state index contributed by atoms with van der Waals surface area (Å²) in [4.78, 5) is 11.1. The first-order valence-electron chi connectivity index (χ1n) is 4.95. The molecule has 0 aliphatic heterocycles. The van der Waals surface area contributed by atoms with E-state index in [0.717, 1.165) is 19.3 Å². The highest BCUT2D eigenvalue weighted by molar-refractivity contribution is 5.92. The molecule has 0 aliphatic rings. The van der Waals surface area contributed by atoms with Gasteiger partial charge in [0.05, 0.1) is 12.0 Å². The van der Waals surface area contributed by atoms with Crippen LogP contribution in [-0.4, -0.2) is 12.5 Å². The average molecular weight is 194 g/mol. The molecule has 0 aromatic heterocycles. The van der Waals surface area contributed by atoms with E-state index in [4.69, 9.17) is 5.26 Å². The number of carbonyl (C=O) groups is 1. The maximum absolute atomic E-state index is 11.1.